The third-order valence-electron chi connectivity index (χ3n) is 7.25. The minimum Gasteiger partial charge on any atom is -0.418 e. The lowest BCUT2D eigenvalue weighted by molar-refractivity contribution is -0.137. The van der Waals surface area contributed by atoms with E-state index in [2.05, 4.69) is 15.0 Å². The summed E-state index contributed by atoms with van der Waals surface area (Å²) in [5, 5.41) is 12.0. The molecule has 1 saturated heterocycles. The third-order valence-corrected chi connectivity index (χ3v) is 9.00. The number of hydrogen-bond acceptors (Lipinski definition) is 9. The molecule has 1 amide bonds. The molecule has 2 atom stereocenters. The van der Waals surface area contributed by atoms with E-state index < -0.39 is 52.8 Å². The number of ether oxygens (including phenoxy) is 1. The second-order valence-electron chi connectivity index (χ2n) is 10.2. The summed E-state index contributed by atoms with van der Waals surface area (Å²) in [5.41, 5.74) is 0.323. The van der Waals surface area contributed by atoms with Gasteiger partial charge in [0.25, 0.3) is 11.9 Å². The van der Waals surface area contributed by atoms with E-state index in [1.54, 1.807) is 4.90 Å². The van der Waals surface area contributed by atoms with Crippen LogP contribution >= 0.6 is 0 Å². The molecule has 3 aromatic rings. The Kier molecular flexibility index (Phi) is 10.8. The molecular weight excluding hydrogens is 625 g/mol. The zero-order valence-electron chi connectivity index (χ0n) is 24.0. The maximum atomic E-state index is 13.0. The highest BCUT2D eigenvalue weighted by atomic mass is 32.2. The second-order valence-corrected chi connectivity index (χ2v) is 12.5. The van der Waals surface area contributed by atoms with Gasteiger partial charge in [-0.3, -0.25) is 9.69 Å². The van der Waals surface area contributed by atoms with Crippen molar-refractivity contribution in [1.29, 1.82) is 5.26 Å². The number of carbonyl (C=O) groups is 1. The smallest absolute Gasteiger partial charge is 0.416 e. The van der Waals surface area contributed by atoms with Crippen LogP contribution in [0.4, 0.5) is 28.0 Å². The molecule has 0 spiro atoms. The van der Waals surface area contributed by atoms with Gasteiger partial charge in [0.2, 0.25) is 5.76 Å². The highest BCUT2D eigenvalue weighted by Gasteiger charge is 2.33. The number of sulfone groups is 1. The van der Waals surface area contributed by atoms with E-state index in [1.165, 1.54) is 43.3 Å². The molecule has 1 aliphatic heterocycles. The van der Waals surface area contributed by atoms with Crippen molar-refractivity contribution in [1.82, 2.24) is 15.2 Å². The first-order valence-electron chi connectivity index (χ1n) is 13.8. The molecule has 0 unspecified atom stereocenters. The Bertz CT molecular complexity index is 1590. The maximum Gasteiger partial charge on any atom is 0.416 e. The summed E-state index contributed by atoms with van der Waals surface area (Å²) < 4.78 is 99.1. The molecule has 45 heavy (non-hydrogen) atoms. The van der Waals surface area contributed by atoms with Crippen LogP contribution in [-0.2, 0) is 27.3 Å². The van der Waals surface area contributed by atoms with Crippen LogP contribution in [0.25, 0.3) is 0 Å². The number of hydrogen-bond donors (Lipinski definition) is 1. The van der Waals surface area contributed by atoms with Gasteiger partial charge in [-0.15, -0.1) is 0 Å². The Balaban J connectivity index is 1.45. The lowest BCUT2D eigenvalue weighted by Crippen LogP contribution is -2.55. The zero-order valence-corrected chi connectivity index (χ0v) is 24.8. The first kappa shape index (κ1) is 33.8. The number of nitrogens with zero attached hydrogens (tertiary/aromatic N) is 4. The fourth-order valence-electron chi connectivity index (χ4n) is 4.85. The Morgan fingerprint density at radius 1 is 1.16 bits per heavy atom. The van der Waals surface area contributed by atoms with Crippen molar-refractivity contribution in [3.05, 3.63) is 77.2 Å². The van der Waals surface area contributed by atoms with E-state index in [4.69, 9.17) is 4.42 Å². The normalized spacial score (nSPS) is 16.8. The first-order valence-corrected chi connectivity index (χ1v) is 15.5. The molecule has 2 aromatic carbocycles. The molecule has 1 aliphatic rings. The molecule has 0 aliphatic carbocycles. The van der Waals surface area contributed by atoms with Crippen molar-refractivity contribution in [2.24, 2.45) is 0 Å². The average Bonchev–Trinajstić information content (AvgIpc) is 3.50. The monoisotopic (exact) mass is 655 g/mol. The molecule has 1 aromatic heterocycles. The topological polar surface area (TPSA) is 129 Å². The van der Waals surface area contributed by atoms with Crippen LogP contribution in [0.2, 0.25) is 0 Å². The maximum absolute atomic E-state index is 13.0. The van der Waals surface area contributed by atoms with E-state index >= 15 is 0 Å². The number of nitriles is 1. The highest BCUT2D eigenvalue weighted by molar-refractivity contribution is 7.91. The van der Waals surface area contributed by atoms with Gasteiger partial charge in [-0.2, -0.15) is 27.2 Å². The third kappa shape index (κ3) is 8.77. The summed E-state index contributed by atoms with van der Waals surface area (Å²) in [6.07, 6.45) is -3.43. The molecule has 0 radical (unpaired) electrons. The largest absolute Gasteiger partial charge is 0.418 e. The van der Waals surface area contributed by atoms with Crippen LogP contribution in [0.3, 0.4) is 0 Å². The van der Waals surface area contributed by atoms with E-state index in [-0.39, 0.29) is 48.5 Å². The first-order chi connectivity index (χ1) is 21.3. The predicted octanol–water partition coefficient (Wildman–Crippen LogP) is 4.80. The number of anilines is 1. The molecule has 0 saturated carbocycles. The van der Waals surface area contributed by atoms with Gasteiger partial charge < -0.3 is 19.4 Å². The Labute approximate surface area is 256 Å². The fraction of sp³-hybridized carbons (Fsp3) is 0.414. The van der Waals surface area contributed by atoms with Gasteiger partial charge in [0.15, 0.2) is 9.84 Å². The molecule has 0 bridgehead atoms. The Morgan fingerprint density at radius 2 is 1.84 bits per heavy atom. The fourth-order valence-corrected chi connectivity index (χ4v) is 5.73. The minimum atomic E-state index is -4.46. The van der Waals surface area contributed by atoms with Crippen molar-refractivity contribution < 1.29 is 44.3 Å². The Hall–Kier alpha value is -4.07. The molecule has 1 N–H and O–H groups in total. The Morgan fingerprint density at radius 3 is 2.44 bits per heavy atom. The number of amides is 1. The number of aromatic nitrogens is 1. The quantitative estimate of drug-likeness (QED) is 0.274. The van der Waals surface area contributed by atoms with Gasteiger partial charge in [0.05, 0.1) is 53.6 Å². The van der Waals surface area contributed by atoms with Crippen molar-refractivity contribution in [3.8, 4) is 6.07 Å². The average molecular weight is 656 g/mol. The summed E-state index contributed by atoms with van der Waals surface area (Å²) >= 11 is 0. The van der Waals surface area contributed by atoms with Gasteiger partial charge >= 0.3 is 12.8 Å². The summed E-state index contributed by atoms with van der Waals surface area (Å²) in [6, 6.07) is 11.0. The van der Waals surface area contributed by atoms with Crippen molar-refractivity contribution >= 4 is 21.8 Å². The van der Waals surface area contributed by atoms with Gasteiger partial charge in [-0.05, 0) is 35.4 Å². The van der Waals surface area contributed by atoms with E-state index in [0.717, 1.165) is 18.3 Å². The van der Waals surface area contributed by atoms with E-state index in [0.29, 0.717) is 17.7 Å². The highest BCUT2D eigenvalue weighted by Crippen LogP contribution is 2.30. The van der Waals surface area contributed by atoms with Gasteiger partial charge in [0, 0.05) is 26.2 Å². The molecule has 2 heterocycles. The zero-order chi connectivity index (χ0) is 32.8. The summed E-state index contributed by atoms with van der Waals surface area (Å²) in [4.78, 5) is 20.7. The lowest BCUT2D eigenvalue weighted by atomic mass is 10.0. The lowest BCUT2D eigenvalue weighted by Gasteiger charge is -2.40. The van der Waals surface area contributed by atoms with Crippen molar-refractivity contribution in [2.45, 2.75) is 49.7 Å². The number of oxazole rings is 1. The van der Waals surface area contributed by atoms with Crippen LogP contribution in [0.15, 0.2) is 64.0 Å². The molecule has 4 rings (SSSR count). The minimum absolute atomic E-state index is 0.0249. The van der Waals surface area contributed by atoms with Gasteiger partial charge in [-0.25, -0.2) is 13.4 Å². The number of piperazine rings is 1. The molecule has 242 valence electrons. The van der Waals surface area contributed by atoms with Crippen molar-refractivity contribution in [2.75, 3.05) is 36.9 Å². The molecular formula is C29H30F5N5O5S. The standard InChI is InChI=1S/C29H30F5N5O5S/c1-2-45(41,42)23-9-5-20(6-10-23)24(11-12-35)37-26(40)25-15-36-28(44-25)39-14-13-38(17-22(39)18-43-27(30)31)16-19-3-7-21(8-4-19)29(32,33)34/h3-10,15,22,24,27H,2,11,13-14,16-18H2,1H3,(H,37,40)/t22-,24-/m0/s1. The van der Waals surface area contributed by atoms with Crippen LogP contribution in [0.1, 0.15) is 46.6 Å². The second kappa shape index (κ2) is 14.4. The molecule has 10 nitrogen and oxygen atoms in total. The molecule has 16 heteroatoms. The SMILES string of the molecule is CCS(=O)(=O)c1ccc([C@H](CC#N)NC(=O)c2cnc(N3CCN(Cc4ccc(C(F)(F)F)cc4)C[C@H]3COC(F)F)o2)cc1. The van der Waals surface area contributed by atoms with E-state index in [1.807, 2.05) is 11.0 Å². The van der Waals surface area contributed by atoms with E-state index in [9.17, 15) is 40.4 Å². The predicted molar refractivity (Wildman–Crippen MR) is 151 cm³/mol. The van der Waals surface area contributed by atoms with Crippen LogP contribution in [0, 0.1) is 11.3 Å². The van der Waals surface area contributed by atoms with Crippen LogP contribution in [-0.4, -0.2) is 68.9 Å². The number of halogens is 5. The number of alkyl halides is 5. The van der Waals surface area contributed by atoms with Gasteiger partial charge in [-0.1, -0.05) is 31.2 Å². The van der Waals surface area contributed by atoms with Gasteiger partial charge in [0.1, 0.15) is 0 Å². The van der Waals surface area contributed by atoms with Crippen molar-refractivity contribution in [3.63, 3.8) is 0 Å². The number of nitrogens with one attached hydrogen (secondary N) is 1. The molecule has 1 fully saturated rings. The van der Waals surface area contributed by atoms with Crippen LogP contribution < -0.4 is 10.2 Å². The summed E-state index contributed by atoms with van der Waals surface area (Å²) in [6.45, 7) is -0.887. The summed E-state index contributed by atoms with van der Waals surface area (Å²) in [7, 11) is -3.44. The number of rotatable bonds is 12. The number of benzene rings is 2. The number of carbonyl (C=O) groups excluding carboxylic acids is 1. The van der Waals surface area contributed by atoms with Crippen LogP contribution in [0.5, 0.6) is 0 Å². The summed E-state index contributed by atoms with van der Waals surface area (Å²) in [5.74, 6) is -0.999.